The van der Waals surface area contributed by atoms with E-state index in [1.165, 1.54) is 4.31 Å². The lowest BCUT2D eigenvalue weighted by molar-refractivity contribution is -0.120. The van der Waals surface area contributed by atoms with Crippen molar-refractivity contribution in [3.05, 3.63) is 59.7 Å². The third-order valence-corrected chi connectivity index (χ3v) is 9.97. The molecule has 5 rings (SSSR count). The van der Waals surface area contributed by atoms with E-state index in [9.17, 15) is 18.0 Å². The number of hydrogen-bond acceptors (Lipinski definition) is 7. The van der Waals surface area contributed by atoms with Crippen LogP contribution in [-0.2, 0) is 19.6 Å². The molecule has 2 aliphatic rings. The molecule has 43 heavy (non-hydrogen) atoms. The van der Waals surface area contributed by atoms with Crippen molar-refractivity contribution in [2.75, 3.05) is 70.8 Å². The molecule has 0 radical (unpaired) electrons. The maximum Gasteiger partial charge on any atom is 0.258 e. The van der Waals surface area contributed by atoms with E-state index >= 15 is 0 Å². The first-order valence-electron chi connectivity index (χ1n) is 14.7. The number of amides is 2. The van der Waals surface area contributed by atoms with Gasteiger partial charge in [0.15, 0.2) is 0 Å². The molecule has 0 saturated carbocycles. The maximum absolute atomic E-state index is 13.6. The Morgan fingerprint density at radius 2 is 1.93 bits per heavy atom. The lowest BCUT2D eigenvalue weighted by Gasteiger charge is -2.31. The summed E-state index contributed by atoms with van der Waals surface area (Å²) in [7, 11) is 1.77. The smallest absolute Gasteiger partial charge is 0.258 e. The van der Waals surface area contributed by atoms with Crippen molar-refractivity contribution in [2.45, 2.75) is 31.1 Å². The molecule has 0 aliphatic carbocycles. The Balaban J connectivity index is 1.30. The second-order valence-corrected chi connectivity index (χ2v) is 13.4. The summed E-state index contributed by atoms with van der Waals surface area (Å²) in [6, 6.07) is 14.1. The second-order valence-electron chi connectivity index (χ2n) is 11.4. The van der Waals surface area contributed by atoms with E-state index in [1.807, 2.05) is 56.3 Å². The highest BCUT2D eigenvalue weighted by atomic mass is 32.2. The normalized spacial score (nSPS) is 17.2. The SMILES string of the molecule is COCCCN1C(=O)c2cccc3c(NC(=O)C4CCCN(S(=O)(=O)c5ccc(OCCN(C)C)c(C)c5)C4)ccc1c23. The first-order valence-corrected chi connectivity index (χ1v) is 16.1. The zero-order valence-corrected chi connectivity index (χ0v) is 26.1. The van der Waals surface area contributed by atoms with Gasteiger partial charge in [-0.2, -0.15) is 4.31 Å². The summed E-state index contributed by atoms with van der Waals surface area (Å²) >= 11 is 0. The summed E-state index contributed by atoms with van der Waals surface area (Å²) in [5, 5.41) is 4.65. The van der Waals surface area contributed by atoms with Crippen LogP contribution < -0.4 is 15.0 Å². The monoisotopic (exact) mass is 608 g/mol. The highest BCUT2D eigenvalue weighted by molar-refractivity contribution is 7.89. The Hall–Kier alpha value is -3.51. The molecule has 0 aromatic heterocycles. The highest BCUT2D eigenvalue weighted by Crippen LogP contribution is 2.41. The van der Waals surface area contributed by atoms with Crippen LogP contribution in [0.4, 0.5) is 11.4 Å². The van der Waals surface area contributed by atoms with Crippen LogP contribution in [-0.4, -0.2) is 90.0 Å². The number of nitrogens with one attached hydrogen (secondary N) is 1. The molecule has 11 heteroatoms. The summed E-state index contributed by atoms with van der Waals surface area (Å²) in [5.41, 5.74) is 2.79. The lowest BCUT2D eigenvalue weighted by atomic mass is 9.98. The molecule has 1 unspecified atom stereocenters. The first kappa shape index (κ1) is 30.9. The van der Waals surface area contributed by atoms with Crippen LogP contribution in [0.25, 0.3) is 10.8 Å². The largest absolute Gasteiger partial charge is 0.492 e. The molecule has 2 aliphatic heterocycles. The minimum Gasteiger partial charge on any atom is -0.492 e. The van der Waals surface area contributed by atoms with Crippen LogP contribution in [0.15, 0.2) is 53.4 Å². The topological polar surface area (TPSA) is 108 Å². The number of nitrogens with zero attached hydrogens (tertiary/aromatic N) is 3. The predicted octanol–water partition coefficient (Wildman–Crippen LogP) is 4.12. The van der Waals surface area contributed by atoms with Gasteiger partial charge in [-0.1, -0.05) is 12.1 Å². The molecule has 1 saturated heterocycles. The lowest BCUT2D eigenvalue weighted by Crippen LogP contribution is -2.43. The maximum atomic E-state index is 13.6. The van der Waals surface area contributed by atoms with Gasteiger partial charge >= 0.3 is 0 Å². The summed E-state index contributed by atoms with van der Waals surface area (Å²) < 4.78 is 39.6. The number of sulfonamides is 1. The number of methoxy groups -OCH3 is 1. The Morgan fingerprint density at radius 3 is 2.67 bits per heavy atom. The Bertz CT molecular complexity index is 1620. The van der Waals surface area contributed by atoms with E-state index in [-0.39, 0.29) is 23.3 Å². The highest BCUT2D eigenvalue weighted by Gasteiger charge is 2.35. The van der Waals surface area contributed by atoms with Crippen molar-refractivity contribution in [3.8, 4) is 5.75 Å². The van der Waals surface area contributed by atoms with Gasteiger partial charge in [-0.15, -0.1) is 0 Å². The van der Waals surface area contributed by atoms with Gasteiger partial charge in [0.05, 0.1) is 16.5 Å². The molecule has 2 heterocycles. The zero-order valence-electron chi connectivity index (χ0n) is 25.3. The van der Waals surface area contributed by atoms with Gasteiger partial charge < -0.3 is 24.6 Å². The number of rotatable bonds is 12. The number of likely N-dealkylation sites (N-methyl/N-ethyl adjacent to an activating group) is 1. The van der Waals surface area contributed by atoms with Crippen molar-refractivity contribution in [2.24, 2.45) is 5.92 Å². The molecule has 0 bridgehead atoms. The van der Waals surface area contributed by atoms with E-state index < -0.39 is 15.9 Å². The molecule has 0 spiro atoms. The molecule has 1 fully saturated rings. The minimum atomic E-state index is -3.80. The van der Waals surface area contributed by atoms with Crippen LogP contribution in [0.2, 0.25) is 0 Å². The molecule has 3 aromatic carbocycles. The van der Waals surface area contributed by atoms with Crippen LogP contribution in [0.3, 0.4) is 0 Å². The van der Waals surface area contributed by atoms with Gasteiger partial charge in [0.2, 0.25) is 15.9 Å². The predicted molar refractivity (Wildman–Crippen MR) is 167 cm³/mol. The molecule has 1 atom stereocenters. The number of carbonyl (C=O) groups excluding carboxylic acids is 2. The van der Waals surface area contributed by atoms with Gasteiger partial charge in [0, 0.05) is 61.9 Å². The number of piperidine rings is 1. The summed E-state index contributed by atoms with van der Waals surface area (Å²) in [5.74, 6) is -0.144. The fraction of sp³-hybridized carbons (Fsp3) is 0.438. The average molecular weight is 609 g/mol. The summed E-state index contributed by atoms with van der Waals surface area (Å²) in [6.45, 7) is 4.65. The van der Waals surface area contributed by atoms with Crippen molar-refractivity contribution in [3.63, 3.8) is 0 Å². The standard InChI is InChI=1S/C32H40N4O6S/c1-22-20-24(11-14-29(22)42-19-17-34(2)3)43(39,40)35-15-6-8-23(21-35)31(37)33-27-12-13-28-30-25(27)9-5-10-26(30)32(38)36(28)16-7-18-41-4/h5,9-14,20,23H,6-8,15-19,21H2,1-4H3,(H,33,37). The number of benzene rings is 3. The zero-order chi connectivity index (χ0) is 30.7. The quantitative estimate of drug-likeness (QED) is 0.308. The van der Waals surface area contributed by atoms with E-state index in [2.05, 4.69) is 5.32 Å². The number of ether oxygens (including phenoxy) is 2. The minimum absolute atomic E-state index is 0.0586. The molecular formula is C32H40N4O6S. The average Bonchev–Trinajstić information content (AvgIpc) is 3.26. The molecule has 3 aromatic rings. The Morgan fingerprint density at radius 1 is 1.12 bits per heavy atom. The van der Waals surface area contributed by atoms with Gasteiger partial charge in [-0.3, -0.25) is 9.59 Å². The van der Waals surface area contributed by atoms with Crippen LogP contribution >= 0.6 is 0 Å². The molecular weight excluding hydrogens is 568 g/mol. The number of hydrogen-bond donors (Lipinski definition) is 1. The second kappa shape index (κ2) is 13.0. The van der Waals surface area contributed by atoms with Crippen molar-refractivity contribution in [1.82, 2.24) is 9.21 Å². The van der Waals surface area contributed by atoms with Crippen LogP contribution in [0.1, 0.15) is 35.2 Å². The molecule has 2 amide bonds. The molecule has 1 N–H and O–H groups in total. The van der Waals surface area contributed by atoms with Crippen molar-refractivity contribution in [1.29, 1.82) is 0 Å². The summed E-state index contributed by atoms with van der Waals surface area (Å²) in [4.78, 5) is 30.6. The third kappa shape index (κ3) is 6.40. The first-order chi connectivity index (χ1) is 20.6. The van der Waals surface area contributed by atoms with E-state index in [1.54, 1.807) is 30.2 Å². The van der Waals surface area contributed by atoms with Crippen LogP contribution in [0, 0.1) is 12.8 Å². The van der Waals surface area contributed by atoms with E-state index in [0.717, 1.165) is 28.6 Å². The van der Waals surface area contributed by atoms with E-state index in [0.29, 0.717) is 62.6 Å². The van der Waals surface area contributed by atoms with Gasteiger partial charge in [0.25, 0.3) is 5.91 Å². The van der Waals surface area contributed by atoms with E-state index in [4.69, 9.17) is 9.47 Å². The van der Waals surface area contributed by atoms with Gasteiger partial charge in [-0.05, 0) is 82.2 Å². The number of aryl methyl sites for hydroxylation is 1. The molecule has 10 nitrogen and oxygen atoms in total. The van der Waals surface area contributed by atoms with Gasteiger partial charge in [0.1, 0.15) is 12.4 Å². The van der Waals surface area contributed by atoms with Gasteiger partial charge in [-0.25, -0.2) is 8.42 Å². The summed E-state index contributed by atoms with van der Waals surface area (Å²) in [6.07, 6.45) is 1.88. The number of carbonyl (C=O) groups is 2. The third-order valence-electron chi connectivity index (χ3n) is 8.11. The fourth-order valence-electron chi connectivity index (χ4n) is 5.79. The fourth-order valence-corrected chi connectivity index (χ4v) is 7.39. The Kier molecular flexibility index (Phi) is 9.36. The van der Waals surface area contributed by atoms with Crippen molar-refractivity contribution >= 4 is 44.0 Å². The molecule has 230 valence electrons. The Labute approximate surface area is 253 Å². The van der Waals surface area contributed by atoms with Crippen LogP contribution in [0.5, 0.6) is 5.75 Å². The number of anilines is 2. The van der Waals surface area contributed by atoms with Crippen molar-refractivity contribution < 1.29 is 27.5 Å².